The molecule has 0 saturated heterocycles. The number of carbonyl (C=O) groups excluding carboxylic acids is 1. The Morgan fingerprint density at radius 1 is 1.12 bits per heavy atom. The van der Waals surface area contributed by atoms with Gasteiger partial charge in [-0.2, -0.15) is 0 Å². The molecule has 0 aliphatic rings. The number of imidazole rings is 1. The summed E-state index contributed by atoms with van der Waals surface area (Å²) in [6.07, 6.45) is 2.25. The average Bonchev–Trinajstić information content (AvgIpc) is 3.22. The molecular weight excluding hydrogens is 432 g/mol. The van der Waals surface area contributed by atoms with Gasteiger partial charge in [-0.1, -0.05) is 23.7 Å². The average molecular weight is 451 g/mol. The molecule has 2 amide bonds. The molecule has 2 aromatic heterocycles. The number of halogens is 1. The van der Waals surface area contributed by atoms with Crippen LogP contribution in [0.4, 0.5) is 16.2 Å². The molecule has 9 heteroatoms. The van der Waals surface area contributed by atoms with Crippen molar-refractivity contribution in [2.45, 2.75) is 0 Å². The van der Waals surface area contributed by atoms with Crippen LogP contribution in [0.25, 0.3) is 16.9 Å². The lowest BCUT2D eigenvalue weighted by Gasteiger charge is -2.18. The summed E-state index contributed by atoms with van der Waals surface area (Å²) in [5.74, 6) is 0.226. The minimum atomic E-state index is -1.13. The summed E-state index contributed by atoms with van der Waals surface area (Å²) in [5.41, 5.74) is 3.64. The Labute approximate surface area is 188 Å². The maximum atomic E-state index is 13.2. The summed E-state index contributed by atoms with van der Waals surface area (Å²) < 4.78 is 7.26. The zero-order chi connectivity index (χ0) is 22.8. The van der Waals surface area contributed by atoms with E-state index in [9.17, 15) is 9.59 Å². The smallest absolute Gasteiger partial charge is 0.409 e. The van der Waals surface area contributed by atoms with Gasteiger partial charge in [0.2, 0.25) is 0 Å². The van der Waals surface area contributed by atoms with Crippen molar-refractivity contribution < 1.29 is 19.4 Å². The highest BCUT2D eigenvalue weighted by Crippen LogP contribution is 2.29. The number of fused-ring (bicyclic) bond motifs is 1. The number of carbonyl (C=O) groups is 2. The van der Waals surface area contributed by atoms with Gasteiger partial charge in [0, 0.05) is 35.2 Å². The number of benzene rings is 2. The third kappa shape index (κ3) is 4.08. The molecule has 4 aromatic rings. The number of amides is 2. The molecule has 2 aromatic carbocycles. The second-order valence-corrected chi connectivity index (χ2v) is 7.42. The molecule has 0 fully saturated rings. The number of nitrogens with zero attached hydrogens (tertiary/aromatic N) is 3. The van der Waals surface area contributed by atoms with E-state index >= 15 is 0 Å². The van der Waals surface area contributed by atoms with Gasteiger partial charge in [0.15, 0.2) is 11.4 Å². The summed E-state index contributed by atoms with van der Waals surface area (Å²) in [6, 6.07) is 15.5. The van der Waals surface area contributed by atoms with Crippen LogP contribution in [0.5, 0.6) is 5.75 Å². The molecule has 4 rings (SSSR count). The Balaban J connectivity index is 1.74. The van der Waals surface area contributed by atoms with Gasteiger partial charge < -0.3 is 14.7 Å². The zero-order valence-corrected chi connectivity index (χ0v) is 18.0. The van der Waals surface area contributed by atoms with Gasteiger partial charge in [-0.15, -0.1) is 0 Å². The number of aromatic nitrogens is 2. The fraction of sp³-hybridized carbons (Fsp3) is 0.0870. The van der Waals surface area contributed by atoms with Crippen molar-refractivity contribution >= 4 is 40.6 Å². The number of rotatable bonds is 5. The van der Waals surface area contributed by atoms with Crippen LogP contribution in [0.2, 0.25) is 5.02 Å². The van der Waals surface area contributed by atoms with E-state index in [0.29, 0.717) is 33.4 Å². The summed E-state index contributed by atoms with van der Waals surface area (Å²) >= 11 is 5.95. The Kier molecular flexibility index (Phi) is 5.70. The van der Waals surface area contributed by atoms with E-state index in [4.69, 9.17) is 21.4 Å². The molecule has 0 atom stereocenters. The summed E-state index contributed by atoms with van der Waals surface area (Å²) in [5, 5.41) is 11.8. The molecule has 2 N–H and O–H groups in total. The summed E-state index contributed by atoms with van der Waals surface area (Å²) in [7, 11) is 3.21. The van der Waals surface area contributed by atoms with Crippen LogP contribution in [0, 0.1) is 0 Å². The van der Waals surface area contributed by atoms with Gasteiger partial charge in [-0.3, -0.25) is 14.5 Å². The van der Waals surface area contributed by atoms with E-state index in [2.05, 4.69) is 10.3 Å². The zero-order valence-electron chi connectivity index (χ0n) is 17.2. The number of anilines is 2. The maximum absolute atomic E-state index is 13.2. The van der Waals surface area contributed by atoms with E-state index < -0.39 is 6.09 Å². The minimum absolute atomic E-state index is 0.229. The van der Waals surface area contributed by atoms with Crippen molar-refractivity contribution in [3.8, 4) is 17.0 Å². The molecule has 0 saturated carbocycles. The van der Waals surface area contributed by atoms with Crippen molar-refractivity contribution in [1.29, 1.82) is 0 Å². The summed E-state index contributed by atoms with van der Waals surface area (Å²) in [4.78, 5) is 30.0. The van der Waals surface area contributed by atoms with Crippen LogP contribution >= 0.6 is 11.6 Å². The number of nitrogens with one attached hydrogen (secondary N) is 1. The van der Waals surface area contributed by atoms with Crippen LogP contribution in [0.1, 0.15) is 10.4 Å². The molecule has 162 valence electrons. The lowest BCUT2D eigenvalue weighted by atomic mass is 10.1. The van der Waals surface area contributed by atoms with Crippen molar-refractivity contribution in [3.63, 3.8) is 0 Å². The quantitative estimate of drug-likeness (QED) is 0.444. The van der Waals surface area contributed by atoms with Crippen LogP contribution in [-0.4, -0.2) is 40.6 Å². The van der Waals surface area contributed by atoms with Gasteiger partial charge in [-0.25, -0.2) is 9.78 Å². The number of methoxy groups -OCH3 is 1. The Morgan fingerprint density at radius 2 is 1.81 bits per heavy atom. The molecule has 0 bridgehead atoms. The fourth-order valence-corrected chi connectivity index (χ4v) is 3.49. The molecule has 8 nitrogen and oxygen atoms in total. The van der Waals surface area contributed by atoms with Crippen LogP contribution in [-0.2, 0) is 0 Å². The van der Waals surface area contributed by atoms with Crippen molar-refractivity contribution in [3.05, 3.63) is 77.6 Å². The molecule has 0 aliphatic heterocycles. The molecule has 0 unspecified atom stereocenters. The second kappa shape index (κ2) is 8.60. The Morgan fingerprint density at radius 3 is 2.44 bits per heavy atom. The first-order chi connectivity index (χ1) is 15.4. The lowest BCUT2D eigenvalue weighted by Crippen LogP contribution is -2.26. The first-order valence-corrected chi connectivity index (χ1v) is 9.94. The first-order valence-electron chi connectivity index (χ1n) is 9.56. The highest BCUT2D eigenvalue weighted by Gasteiger charge is 2.19. The SMILES string of the molecule is COc1cc(C(=O)N(C)c2ccc(Cl)cc2)cn2c(-c3ccc(NC(=O)O)cc3)cnc12. The predicted molar refractivity (Wildman–Crippen MR) is 123 cm³/mol. The van der Waals surface area contributed by atoms with Crippen molar-refractivity contribution in [2.75, 3.05) is 24.4 Å². The van der Waals surface area contributed by atoms with Gasteiger partial charge in [-0.05, 0) is 42.5 Å². The van der Waals surface area contributed by atoms with Crippen molar-refractivity contribution in [1.82, 2.24) is 9.38 Å². The van der Waals surface area contributed by atoms with E-state index in [1.165, 1.54) is 12.0 Å². The largest absolute Gasteiger partial charge is 0.493 e. The van der Waals surface area contributed by atoms with Gasteiger partial charge in [0.05, 0.1) is 24.6 Å². The Bertz CT molecular complexity index is 1300. The monoisotopic (exact) mass is 450 g/mol. The number of carboxylic acid groups (broad SMARTS) is 1. The van der Waals surface area contributed by atoms with E-state index in [0.717, 1.165) is 11.3 Å². The van der Waals surface area contributed by atoms with Gasteiger partial charge >= 0.3 is 6.09 Å². The molecule has 2 heterocycles. The van der Waals surface area contributed by atoms with E-state index in [-0.39, 0.29) is 5.91 Å². The number of hydrogen-bond acceptors (Lipinski definition) is 4. The molecule has 0 radical (unpaired) electrons. The lowest BCUT2D eigenvalue weighted by molar-refractivity contribution is 0.0992. The maximum Gasteiger partial charge on any atom is 0.409 e. The number of hydrogen-bond donors (Lipinski definition) is 2. The molecule has 0 aliphatic carbocycles. The number of pyridine rings is 1. The van der Waals surface area contributed by atoms with E-state index in [1.807, 2.05) is 0 Å². The normalized spacial score (nSPS) is 10.7. The molecule has 32 heavy (non-hydrogen) atoms. The first kappa shape index (κ1) is 21.2. The topological polar surface area (TPSA) is 96.2 Å². The van der Waals surface area contributed by atoms with E-state index in [1.54, 1.807) is 78.4 Å². The number of ether oxygens (including phenoxy) is 1. The standard InChI is InChI=1S/C23H19ClN4O4/c1-27(18-9-5-16(24)6-10-18)22(29)15-11-20(32-2)21-25-12-19(28(21)13-15)14-3-7-17(8-4-14)26-23(30)31/h3-13,26H,1-2H3,(H,30,31). The second-order valence-electron chi connectivity index (χ2n) is 6.98. The molecule has 0 spiro atoms. The van der Waals surface area contributed by atoms with Crippen molar-refractivity contribution in [2.24, 2.45) is 0 Å². The molecular formula is C23H19ClN4O4. The van der Waals surface area contributed by atoms with Gasteiger partial charge in [0.25, 0.3) is 5.91 Å². The Hall–Kier alpha value is -4.04. The minimum Gasteiger partial charge on any atom is -0.493 e. The third-order valence-electron chi connectivity index (χ3n) is 4.99. The summed E-state index contributed by atoms with van der Waals surface area (Å²) in [6.45, 7) is 0. The van der Waals surface area contributed by atoms with Gasteiger partial charge in [0.1, 0.15) is 0 Å². The highest BCUT2D eigenvalue weighted by atomic mass is 35.5. The van der Waals surface area contributed by atoms with Crippen LogP contribution in [0.15, 0.2) is 67.0 Å². The van der Waals surface area contributed by atoms with Crippen LogP contribution in [0.3, 0.4) is 0 Å². The predicted octanol–water partition coefficient (Wildman–Crippen LogP) is 5.03. The highest BCUT2D eigenvalue weighted by molar-refractivity contribution is 6.30. The third-order valence-corrected chi connectivity index (χ3v) is 5.24. The van der Waals surface area contributed by atoms with Crippen LogP contribution < -0.4 is 15.0 Å². The fourth-order valence-electron chi connectivity index (χ4n) is 3.36.